The molecule has 3 heterocycles. The highest BCUT2D eigenvalue weighted by molar-refractivity contribution is 5.83. The van der Waals surface area contributed by atoms with Gasteiger partial charge in [0.25, 0.3) is 0 Å². The average molecular weight is 744 g/mol. The molecule has 1 aliphatic carbocycles. The molecule has 302 valence electrons. The lowest BCUT2D eigenvalue weighted by Gasteiger charge is -2.49. The molecule has 4 rings (SSSR count). The number of likely N-dealkylation sites (N-methyl/N-ethyl adjacent to an activating group) is 1. The molecule has 4 aliphatic rings. The van der Waals surface area contributed by atoms with Crippen molar-refractivity contribution in [2.75, 3.05) is 21.2 Å². The normalized spacial score (nSPS) is 49.2. The van der Waals surface area contributed by atoms with Gasteiger partial charge in [0.05, 0.1) is 47.6 Å². The van der Waals surface area contributed by atoms with Crippen molar-refractivity contribution in [1.82, 2.24) is 4.90 Å². The first kappa shape index (κ1) is 43.5. The molecule has 0 aromatic rings. The van der Waals surface area contributed by atoms with E-state index < -0.39 is 102 Å². The van der Waals surface area contributed by atoms with E-state index in [2.05, 4.69) is 0 Å². The maximum atomic E-state index is 14.3. The summed E-state index contributed by atoms with van der Waals surface area (Å²) in [5, 5.41) is 46.5. The number of carbonyl (C=O) groups is 2. The molecule has 0 aromatic carbocycles. The van der Waals surface area contributed by atoms with Crippen LogP contribution in [0.2, 0.25) is 0 Å². The van der Waals surface area contributed by atoms with E-state index in [1.165, 1.54) is 7.11 Å². The topological polar surface area (TPSA) is 174 Å². The molecule has 3 aliphatic heterocycles. The predicted molar refractivity (Wildman–Crippen MR) is 192 cm³/mol. The van der Waals surface area contributed by atoms with Crippen LogP contribution in [0.25, 0.3) is 0 Å². The standard InChI is InChI=1S/C39H69NO12/c1-19-17-38(8,46)35(52-37-31(43)27(40(10)11)16-20(2)48-37)23(5)32(50-28-18-39(9,47-12)34(44)25(7)49-28)24(6)36(45)51-33(26-14-13-15-26)22(4)30(42)21(3)29(19)41/h19-28,30-35,37,42-44,46H,13-18H2,1-12H3/t19-,20-,21+,22-,23+,24-,25+,27+,28+,30-,31-,32?,33+,34+,35-,37+,38-,39-/m1/s1. The molecule has 4 N–H and O–H groups in total. The van der Waals surface area contributed by atoms with Gasteiger partial charge in [-0.3, -0.25) is 9.59 Å². The fourth-order valence-electron chi connectivity index (χ4n) is 9.16. The van der Waals surface area contributed by atoms with Crippen molar-refractivity contribution in [2.24, 2.45) is 35.5 Å². The molecule has 1 saturated carbocycles. The number of Topliss-reactive ketones (excluding diaryl/α,β-unsaturated/α-hetero) is 1. The molecule has 13 nitrogen and oxygen atoms in total. The number of methoxy groups -OCH3 is 1. The van der Waals surface area contributed by atoms with Gasteiger partial charge in [0.1, 0.15) is 24.1 Å². The highest BCUT2D eigenvalue weighted by Crippen LogP contribution is 2.42. The van der Waals surface area contributed by atoms with Gasteiger partial charge in [-0.2, -0.15) is 0 Å². The third-order valence-corrected chi connectivity index (χ3v) is 12.9. The summed E-state index contributed by atoms with van der Waals surface area (Å²) >= 11 is 0. The van der Waals surface area contributed by atoms with E-state index in [4.69, 9.17) is 28.4 Å². The van der Waals surface area contributed by atoms with Crippen LogP contribution in [0.1, 0.15) is 101 Å². The molecular formula is C39H69NO12. The Morgan fingerprint density at radius 3 is 2.04 bits per heavy atom. The van der Waals surface area contributed by atoms with Crippen LogP contribution < -0.4 is 0 Å². The van der Waals surface area contributed by atoms with Gasteiger partial charge in [0.15, 0.2) is 12.6 Å². The summed E-state index contributed by atoms with van der Waals surface area (Å²) in [7, 11) is 5.26. The number of hydrogen-bond acceptors (Lipinski definition) is 13. The Hall–Kier alpha value is -1.26. The van der Waals surface area contributed by atoms with E-state index >= 15 is 0 Å². The second-order valence-corrected chi connectivity index (χ2v) is 17.4. The molecule has 0 amide bonds. The Balaban J connectivity index is 1.81. The number of aliphatic hydroxyl groups is 4. The van der Waals surface area contributed by atoms with Gasteiger partial charge in [-0.25, -0.2) is 0 Å². The van der Waals surface area contributed by atoms with Crippen LogP contribution in [-0.4, -0.2) is 137 Å². The van der Waals surface area contributed by atoms with E-state index in [-0.39, 0.29) is 36.7 Å². The number of esters is 1. The smallest absolute Gasteiger partial charge is 0.311 e. The fourth-order valence-corrected chi connectivity index (χ4v) is 9.16. The third-order valence-electron chi connectivity index (χ3n) is 12.9. The van der Waals surface area contributed by atoms with Crippen LogP contribution in [-0.2, 0) is 38.0 Å². The number of ether oxygens (including phenoxy) is 6. The van der Waals surface area contributed by atoms with Gasteiger partial charge in [-0.15, -0.1) is 0 Å². The Morgan fingerprint density at radius 1 is 0.846 bits per heavy atom. The molecular weight excluding hydrogens is 674 g/mol. The van der Waals surface area contributed by atoms with Crippen LogP contribution in [0.3, 0.4) is 0 Å². The second kappa shape index (κ2) is 17.3. The molecule has 0 spiro atoms. The van der Waals surface area contributed by atoms with E-state index in [0.717, 1.165) is 19.3 Å². The summed E-state index contributed by atoms with van der Waals surface area (Å²) in [6.07, 6.45) is -5.50. The zero-order valence-electron chi connectivity index (χ0n) is 33.6. The molecule has 18 atom stereocenters. The van der Waals surface area contributed by atoms with Crippen molar-refractivity contribution >= 4 is 11.8 Å². The van der Waals surface area contributed by atoms with Crippen molar-refractivity contribution < 1.29 is 58.4 Å². The van der Waals surface area contributed by atoms with Crippen LogP contribution in [0, 0.1) is 35.5 Å². The lowest BCUT2D eigenvalue weighted by atomic mass is 9.71. The average Bonchev–Trinajstić information content (AvgIpc) is 3.05. The SMILES string of the molecule is CO[C@]1(C)C[C@H](OC2[C@@H](C)C(=O)O[C@H](C3CCC3)[C@H](C)[C@H](O)[C@@H](C)C(=O)[C@H](C)C[C@@](C)(O)[C@H](O[C@@H]3O[C@H](C)C[C@H](N(C)C)[C@H]3O)[C@H]2C)O[C@@H](C)[C@@H]1O. The van der Waals surface area contributed by atoms with Gasteiger partial charge < -0.3 is 53.7 Å². The summed E-state index contributed by atoms with van der Waals surface area (Å²) in [5.41, 5.74) is -2.73. The van der Waals surface area contributed by atoms with Crippen molar-refractivity contribution in [1.29, 1.82) is 0 Å². The summed E-state index contributed by atoms with van der Waals surface area (Å²) in [6.45, 7) is 15.8. The van der Waals surface area contributed by atoms with Crippen molar-refractivity contribution in [3.63, 3.8) is 0 Å². The second-order valence-electron chi connectivity index (χ2n) is 17.4. The number of cyclic esters (lactones) is 1. The molecule has 3 saturated heterocycles. The molecule has 0 aromatic heterocycles. The highest BCUT2D eigenvalue weighted by atomic mass is 16.7. The monoisotopic (exact) mass is 743 g/mol. The largest absolute Gasteiger partial charge is 0.461 e. The van der Waals surface area contributed by atoms with Crippen molar-refractivity contribution in [2.45, 2.75) is 179 Å². The first-order chi connectivity index (χ1) is 24.1. The first-order valence-corrected chi connectivity index (χ1v) is 19.5. The van der Waals surface area contributed by atoms with E-state index in [1.807, 2.05) is 39.8 Å². The maximum Gasteiger partial charge on any atom is 0.311 e. The lowest BCUT2D eigenvalue weighted by molar-refractivity contribution is -0.317. The lowest BCUT2D eigenvalue weighted by Crippen LogP contribution is -2.60. The fraction of sp³-hybridized carbons (Fsp3) is 0.949. The quantitative estimate of drug-likeness (QED) is 0.281. The third kappa shape index (κ3) is 9.22. The molecule has 0 bridgehead atoms. The van der Waals surface area contributed by atoms with Crippen molar-refractivity contribution in [3.05, 3.63) is 0 Å². The minimum atomic E-state index is -1.72. The van der Waals surface area contributed by atoms with Crippen LogP contribution in [0.15, 0.2) is 0 Å². The van der Waals surface area contributed by atoms with Gasteiger partial charge >= 0.3 is 5.97 Å². The van der Waals surface area contributed by atoms with E-state index in [9.17, 15) is 30.0 Å². The van der Waals surface area contributed by atoms with Gasteiger partial charge in [-0.1, -0.05) is 34.1 Å². The highest BCUT2D eigenvalue weighted by Gasteiger charge is 2.52. The van der Waals surface area contributed by atoms with Gasteiger partial charge in [-0.05, 0) is 80.3 Å². The van der Waals surface area contributed by atoms with E-state index in [0.29, 0.717) is 6.42 Å². The summed E-state index contributed by atoms with van der Waals surface area (Å²) in [4.78, 5) is 30.2. The minimum Gasteiger partial charge on any atom is -0.461 e. The summed E-state index contributed by atoms with van der Waals surface area (Å²) in [6, 6.07) is -0.294. The molecule has 4 fully saturated rings. The van der Waals surface area contributed by atoms with Crippen molar-refractivity contribution in [3.8, 4) is 0 Å². The molecule has 1 unspecified atom stereocenters. The van der Waals surface area contributed by atoms with E-state index in [1.54, 1.807) is 41.5 Å². The number of hydrogen-bond donors (Lipinski definition) is 4. The Bertz CT molecular complexity index is 1200. The summed E-state index contributed by atoms with van der Waals surface area (Å²) in [5.74, 6) is -4.41. The number of aliphatic hydroxyl groups excluding tert-OH is 3. The predicted octanol–water partition coefficient (Wildman–Crippen LogP) is 3.06. The maximum absolute atomic E-state index is 14.3. The van der Waals surface area contributed by atoms with Crippen LogP contribution in [0.4, 0.5) is 0 Å². The number of ketones is 1. The Kier molecular flexibility index (Phi) is 14.4. The molecule has 52 heavy (non-hydrogen) atoms. The Morgan fingerprint density at radius 2 is 1.48 bits per heavy atom. The number of rotatable bonds is 7. The first-order valence-electron chi connectivity index (χ1n) is 19.5. The van der Waals surface area contributed by atoms with Gasteiger partial charge in [0, 0.05) is 43.2 Å². The molecule has 13 heteroatoms. The molecule has 0 radical (unpaired) electrons. The van der Waals surface area contributed by atoms with Gasteiger partial charge in [0.2, 0.25) is 0 Å². The zero-order valence-corrected chi connectivity index (χ0v) is 33.6. The Labute approximate surface area is 311 Å². The van der Waals surface area contributed by atoms with Crippen LogP contribution in [0.5, 0.6) is 0 Å². The van der Waals surface area contributed by atoms with Crippen LogP contribution >= 0.6 is 0 Å². The zero-order chi connectivity index (χ0) is 39.0. The minimum absolute atomic E-state index is 0.0374. The summed E-state index contributed by atoms with van der Waals surface area (Å²) < 4.78 is 37.8. The number of nitrogens with zero attached hydrogens (tertiary/aromatic N) is 1. The number of carbonyl (C=O) groups excluding carboxylic acids is 2.